The first-order valence-electron chi connectivity index (χ1n) is 8.41. The molecular formula is C18H25NO6. The summed E-state index contributed by atoms with van der Waals surface area (Å²) in [5, 5.41) is 13.5. The summed E-state index contributed by atoms with van der Waals surface area (Å²) < 4.78 is 23.3. The molecule has 0 bridgehead atoms. The van der Waals surface area contributed by atoms with Crippen molar-refractivity contribution in [1.82, 2.24) is 5.32 Å². The molecule has 1 aromatic rings. The van der Waals surface area contributed by atoms with Gasteiger partial charge in [-0.05, 0) is 38.5 Å². The van der Waals surface area contributed by atoms with Gasteiger partial charge >= 0.3 is 0 Å². The molecule has 2 fully saturated rings. The average molecular weight is 351 g/mol. The van der Waals surface area contributed by atoms with Crippen molar-refractivity contribution in [3.63, 3.8) is 0 Å². The van der Waals surface area contributed by atoms with Crippen LogP contribution in [0.1, 0.15) is 26.3 Å². The maximum atomic E-state index is 11.6. The highest BCUT2D eigenvalue weighted by molar-refractivity contribution is 5.73. The Labute approximate surface area is 147 Å². The Bertz CT molecular complexity index is 634. The zero-order chi connectivity index (χ0) is 18.2. The number of rotatable bonds is 3. The monoisotopic (exact) mass is 351 g/mol. The fourth-order valence-electron chi connectivity index (χ4n) is 3.16. The predicted octanol–water partition coefficient (Wildman–Crippen LogP) is 1.12. The molecule has 0 unspecified atom stereocenters. The molecule has 2 aliphatic rings. The molecule has 138 valence electrons. The van der Waals surface area contributed by atoms with Crippen LogP contribution >= 0.6 is 0 Å². The van der Waals surface area contributed by atoms with Gasteiger partial charge in [0.05, 0.1) is 6.61 Å². The van der Waals surface area contributed by atoms with E-state index in [1.165, 1.54) is 6.92 Å². The van der Waals surface area contributed by atoms with E-state index in [0.29, 0.717) is 5.75 Å². The topological polar surface area (TPSA) is 86.3 Å². The molecular weight excluding hydrogens is 326 g/mol. The Hall–Kier alpha value is -1.67. The Morgan fingerprint density at radius 1 is 1.40 bits per heavy atom. The van der Waals surface area contributed by atoms with Gasteiger partial charge in [-0.1, -0.05) is 12.1 Å². The van der Waals surface area contributed by atoms with Crippen LogP contribution in [0.4, 0.5) is 0 Å². The van der Waals surface area contributed by atoms with Crippen LogP contribution in [-0.4, -0.2) is 54.1 Å². The number of benzene rings is 1. The van der Waals surface area contributed by atoms with Gasteiger partial charge < -0.3 is 29.4 Å². The Balaban J connectivity index is 1.82. The SMILES string of the molecule is CC(=O)N[C@H]1[C@@H](Oc2cccc(C)c2)O[C@H]2COC(C)(C)O[C@@H]2[C@H]1O. The summed E-state index contributed by atoms with van der Waals surface area (Å²) in [7, 11) is 0. The van der Waals surface area contributed by atoms with Gasteiger partial charge in [0.25, 0.3) is 0 Å². The van der Waals surface area contributed by atoms with E-state index in [9.17, 15) is 9.90 Å². The molecule has 25 heavy (non-hydrogen) atoms. The summed E-state index contributed by atoms with van der Waals surface area (Å²) in [6.07, 6.45) is -2.93. The Morgan fingerprint density at radius 3 is 2.84 bits per heavy atom. The summed E-state index contributed by atoms with van der Waals surface area (Å²) in [6.45, 7) is 7.17. The number of aliphatic hydroxyl groups excluding tert-OH is 1. The molecule has 7 heteroatoms. The number of aryl methyl sites for hydroxylation is 1. The lowest BCUT2D eigenvalue weighted by atomic mass is 9.95. The minimum absolute atomic E-state index is 0.273. The average Bonchev–Trinajstić information content (AvgIpc) is 2.51. The number of carbonyl (C=O) groups excluding carboxylic acids is 1. The second-order valence-corrected chi connectivity index (χ2v) is 6.99. The molecule has 2 N–H and O–H groups in total. The van der Waals surface area contributed by atoms with E-state index in [2.05, 4.69) is 5.32 Å². The van der Waals surface area contributed by atoms with Gasteiger partial charge in [-0.25, -0.2) is 0 Å². The third-order valence-electron chi connectivity index (χ3n) is 4.30. The first kappa shape index (κ1) is 18.1. The number of hydrogen-bond acceptors (Lipinski definition) is 6. The van der Waals surface area contributed by atoms with Crippen LogP contribution in [0.5, 0.6) is 5.75 Å². The first-order chi connectivity index (χ1) is 11.7. The minimum atomic E-state index is -0.986. The largest absolute Gasteiger partial charge is 0.463 e. The molecule has 0 saturated carbocycles. The van der Waals surface area contributed by atoms with Crippen LogP contribution in [0.3, 0.4) is 0 Å². The van der Waals surface area contributed by atoms with Gasteiger partial charge in [-0.15, -0.1) is 0 Å². The molecule has 2 aliphatic heterocycles. The van der Waals surface area contributed by atoms with Crippen LogP contribution in [0.25, 0.3) is 0 Å². The van der Waals surface area contributed by atoms with Crippen molar-refractivity contribution in [2.75, 3.05) is 6.61 Å². The van der Waals surface area contributed by atoms with Gasteiger partial charge in [-0.2, -0.15) is 0 Å². The lowest BCUT2D eigenvalue weighted by molar-refractivity contribution is -0.361. The minimum Gasteiger partial charge on any atom is -0.463 e. The Morgan fingerprint density at radius 2 is 2.16 bits per heavy atom. The van der Waals surface area contributed by atoms with Crippen molar-refractivity contribution in [2.24, 2.45) is 0 Å². The lowest BCUT2D eigenvalue weighted by Gasteiger charge is -2.49. The normalized spacial score (nSPS) is 34.0. The summed E-state index contributed by atoms with van der Waals surface area (Å²) in [4.78, 5) is 11.6. The van der Waals surface area contributed by atoms with Crippen molar-refractivity contribution in [3.05, 3.63) is 29.8 Å². The Kier molecular flexibility index (Phi) is 5.02. The predicted molar refractivity (Wildman–Crippen MR) is 89.0 cm³/mol. The number of ether oxygens (including phenoxy) is 4. The highest BCUT2D eigenvalue weighted by Crippen LogP contribution is 2.33. The first-order valence-corrected chi connectivity index (χ1v) is 8.41. The summed E-state index contributed by atoms with van der Waals surface area (Å²) >= 11 is 0. The van der Waals surface area contributed by atoms with E-state index >= 15 is 0 Å². The number of aliphatic hydroxyl groups is 1. The van der Waals surface area contributed by atoms with E-state index in [4.69, 9.17) is 18.9 Å². The molecule has 0 radical (unpaired) electrons. The van der Waals surface area contributed by atoms with Crippen LogP contribution in [0.2, 0.25) is 0 Å². The second kappa shape index (κ2) is 6.92. The number of amides is 1. The molecule has 0 spiro atoms. The molecule has 3 rings (SSSR count). The zero-order valence-corrected chi connectivity index (χ0v) is 14.9. The third-order valence-corrected chi connectivity index (χ3v) is 4.30. The van der Waals surface area contributed by atoms with Crippen molar-refractivity contribution in [1.29, 1.82) is 0 Å². The van der Waals surface area contributed by atoms with E-state index < -0.39 is 36.4 Å². The molecule has 0 aliphatic carbocycles. The summed E-state index contributed by atoms with van der Waals surface area (Å²) in [5.41, 5.74) is 1.04. The zero-order valence-electron chi connectivity index (χ0n) is 14.9. The molecule has 2 heterocycles. The number of carbonyl (C=O) groups is 1. The van der Waals surface area contributed by atoms with Crippen LogP contribution in [0, 0.1) is 6.92 Å². The van der Waals surface area contributed by atoms with Gasteiger partial charge in [0, 0.05) is 6.92 Å². The van der Waals surface area contributed by atoms with E-state index in [1.54, 1.807) is 19.9 Å². The van der Waals surface area contributed by atoms with Crippen molar-refractivity contribution in [2.45, 2.75) is 64.1 Å². The van der Waals surface area contributed by atoms with Crippen LogP contribution in [-0.2, 0) is 19.0 Å². The van der Waals surface area contributed by atoms with Gasteiger partial charge in [0.2, 0.25) is 12.2 Å². The molecule has 1 amide bonds. The highest BCUT2D eigenvalue weighted by atomic mass is 16.8. The third kappa shape index (κ3) is 4.12. The van der Waals surface area contributed by atoms with E-state index in [1.807, 2.05) is 25.1 Å². The molecule has 5 atom stereocenters. The van der Waals surface area contributed by atoms with E-state index in [-0.39, 0.29) is 12.5 Å². The summed E-state index contributed by atoms with van der Waals surface area (Å²) in [5.74, 6) is -0.504. The van der Waals surface area contributed by atoms with Gasteiger partial charge in [0.1, 0.15) is 30.1 Å². The fourth-order valence-corrected chi connectivity index (χ4v) is 3.16. The van der Waals surface area contributed by atoms with Crippen molar-refractivity contribution < 1.29 is 28.8 Å². The number of hydrogen-bond donors (Lipinski definition) is 2. The fraction of sp³-hybridized carbons (Fsp3) is 0.611. The van der Waals surface area contributed by atoms with Gasteiger partial charge in [-0.3, -0.25) is 4.79 Å². The molecule has 7 nitrogen and oxygen atoms in total. The van der Waals surface area contributed by atoms with Crippen molar-refractivity contribution in [3.8, 4) is 5.75 Å². The quantitative estimate of drug-likeness (QED) is 0.849. The van der Waals surface area contributed by atoms with Crippen LogP contribution < -0.4 is 10.1 Å². The molecule has 0 aromatic heterocycles. The highest BCUT2D eigenvalue weighted by Gasteiger charge is 2.52. The molecule has 1 aromatic carbocycles. The second-order valence-electron chi connectivity index (χ2n) is 6.99. The standard InChI is InChI=1S/C18H25NO6/c1-10-6-5-7-12(8-10)23-17-14(19-11(2)20)15(21)16-13(24-17)9-22-18(3,4)25-16/h5-8,13-17,21H,9H2,1-4H3,(H,19,20)/t13-,14+,15-,16-,17-/m0/s1. The smallest absolute Gasteiger partial charge is 0.223 e. The number of fused-ring (bicyclic) bond motifs is 1. The number of nitrogens with one attached hydrogen (secondary N) is 1. The van der Waals surface area contributed by atoms with Crippen molar-refractivity contribution >= 4 is 5.91 Å². The van der Waals surface area contributed by atoms with Gasteiger partial charge in [0.15, 0.2) is 5.79 Å². The summed E-state index contributed by atoms with van der Waals surface area (Å²) in [6, 6.07) is 6.74. The maximum Gasteiger partial charge on any atom is 0.223 e. The molecule has 2 saturated heterocycles. The van der Waals surface area contributed by atoms with Crippen LogP contribution in [0.15, 0.2) is 24.3 Å². The lowest BCUT2D eigenvalue weighted by Crippen LogP contribution is -2.69. The van der Waals surface area contributed by atoms with E-state index in [0.717, 1.165) is 5.56 Å². The maximum absolute atomic E-state index is 11.6.